The van der Waals surface area contributed by atoms with Crippen molar-refractivity contribution in [2.75, 3.05) is 5.32 Å². The van der Waals surface area contributed by atoms with E-state index >= 15 is 0 Å². The minimum atomic E-state index is -0.379. The molecule has 1 fully saturated rings. The summed E-state index contributed by atoms with van der Waals surface area (Å²) >= 11 is 7.08. The molecule has 2 heterocycles. The number of anilines is 1. The molecule has 1 aliphatic heterocycles. The third kappa shape index (κ3) is 4.64. The Bertz CT molecular complexity index is 1130. The fourth-order valence-electron chi connectivity index (χ4n) is 2.78. The average molecular weight is 423 g/mol. The Kier molecular flexibility index (Phi) is 5.59. The lowest BCUT2D eigenvalue weighted by atomic mass is 10.1. The van der Waals surface area contributed by atoms with Crippen LogP contribution in [0, 0.1) is 0 Å². The van der Waals surface area contributed by atoms with E-state index in [0.29, 0.717) is 28.0 Å². The number of hydrogen-bond acceptors (Lipinski definition) is 6. The van der Waals surface area contributed by atoms with E-state index in [1.54, 1.807) is 18.5 Å². The highest BCUT2D eigenvalue weighted by Crippen LogP contribution is 2.27. The zero-order valence-corrected chi connectivity index (χ0v) is 16.6. The van der Waals surface area contributed by atoms with Crippen LogP contribution in [0.3, 0.4) is 0 Å². The van der Waals surface area contributed by atoms with Gasteiger partial charge >= 0.3 is 0 Å². The number of imide groups is 1. The molecular formula is C21H15ClN4O2S. The van der Waals surface area contributed by atoms with Gasteiger partial charge in [-0.2, -0.15) is 0 Å². The zero-order valence-electron chi connectivity index (χ0n) is 15.1. The van der Waals surface area contributed by atoms with Gasteiger partial charge in [0.15, 0.2) is 0 Å². The molecule has 0 bridgehead atoms. The first-order valence-corrected chi connectivity index (χ1v) is 9.92. The molecule has 6 nitrogen and oxygen atoms in total. The molecule has 1 aromatic heterocycles. The monoisotopic (exact) mass is 422 g/mol. The number of carbonyl (C=O) groups is 2. The minimum Gasteiger partial charge on any atom is -0.365 e. The SMILES string of the molecule is O=C1NC(=O)C(=Cc2cccc(-c3cncc(NCc4ccccc4Cl)n3)c2)S1. The van der Waals surface area contributed by atoms with Crippen LogP contribution in [-0.4, -0.2) is 21.1 Å². The summed E-state index contributed by atoms with van der Waals surface area (Å²) < 4.78 is 0. The predicted octanol–water partition coefficient (Wildman–Crippen LogP) is 4.73. The predicted molar refractivity (Wildman–Crippen MR) is 115 cm³/mol. The van der Waals surface area contributed by atoms with Crippen molar-refractivity contribution in [2.45, 2.75) is 6.54 Å². The van der Waals surface area contributed by atoms with Gasteiger partial charge in [-0.25, -0.2) is 4.98 Å². The Morgan fingerprint density at radius 1 is 1.10 bits per heavy atom. The van der Waals surface area contributed by atoms with Crippen LogP contribution < -0.4 is 10.6 Å². The van der Waals surface area contributed by atoms with Crippen LogP contribution in [0.25, 0.3) is 17.3 Å². The number of benzene rings is 2. The first-order valence-electron chi connectivity index (χ1n) is 8.73. The maximum absolute atomic E-state index is 11.7. The van der Waals surface area contributed by atoms with Crippen LogP contribution in [0.5, 0.6) is 0 Å². The van der Waals surface area contributed by atoms with Gasteiger partial charge in [0, 0.05) is 17.1 Å². The summed E-state index contributed by atoms with van der Waals surface area (Å²) in [6.07, 6.45) is 5.01. The summed E-state index contributed by atoms with van der Waals surface area (Å²) in [6, 6.07) is 15.2. The molecule has 0 saturated carbocycles. The molecule has 0 unspecified atom stereocenters. The van der Waals surface area contributed by atoms with Crippen LogP contribution in [0.1, 0.15) is 11.1 Å². The highest BCUT2D eigenvalue weighted by molar-refractivity contribution is 8.18. The second kappa shape index (κ2) is 8.46. The van der Waals surface area contributed by atoms with Crippen molar-refractivity contribution in [3.8, 4) is 11.3 Å². The van der Waals surface area contributed by atoms with Gasteiger partial charge in [-0.3, -0.25) is 19.9 Å². The molecule has 4 rings (SSSR count). The fourth-order valence-corrected chi connectivity index (χ4v) is 3.66. The molecule has 1 aliphatic rings. The molecule has 0 atom stereocenters. The van der Waals surface area contributed by atoms with Crippen LogP contribution in [-0.2, 0) is 11.3 Å². The quantitative estimate of drug-likeness (QED) is 0.578. The summed E-state index contributed by atoms with van der Waals surface area (Å²) in [5.41, 5.74) is 3.31. The standard InChI is InChI=1S/C21H15ClN4O2S/c22-16-7-2-1-5-15(16)10-24-19-12-23-11-17(25-19)14-6-3-4-13(8-14)9-18-20(27)26-21(28)29-18/h1-9,11-12H,10H2,(H,24,25)(H,26,27,28). The lowest BCUT2D eigenvalue weighted by Crippen LogP contribution is -2.17. The van der Waals surface area contributed by atoms with Gasteiger partial charge in [-0.1, -0.05) is 48.0 Å². The van der Waals surface area contributed by atoms with Gasteiger partial charge in [0.1, 0.15) is 5.82 Å². The van der Waals surface area contributed by atoms with E-state index in [2.05, 4.69) is 20.6 Å². The van der Waals surface area contributed by atoms with Crippen LogP contribution in [0.2, 0.25) is 5.02 Å². The summed E-state index contributed by atoms with van der Waals surface area (Å²) in [4.78, 5) is 32.3. The smallest absolute Gasteiger partial charge is 0.290 e. The normalized spacial score (nSPS) is 14.9. The molecule has 2 aromatic carbocycles. The van der Waals surface area contributed by atoms with Gasteiger partial charge in [-0.15, -0.1) is 0 Å². The van der Waals surface area contributed by atoms with Gasteiger partial charge in [0.25, 0.3) is 11.1 Å². The Balaban J connectivity index is 1.54. The molecule has 2 N–H and O–H groups in total. The number of nitrogens with one attached hydrogen (secondary N) is 2. The molecule has 144 valence electrons. The number of amides is 2. The van der Waals surface area contributed by atoms with Crippen molar-refractivity contribution in [3.05, 3.63) is 82.0 Å². The molecule has 8 heteroatoms. The van der Waals surface area contributed by atoms with Gasteiger partial charge in [-0.05, 0) is 41.1 Å². The summed E-state index contributed by atoms with van der Waals surface area (Å²) in [7, 11) is 0. The topological polar surface area (TPSA) is 84.0 Å². The van der Waals surface area contributed by atoms with Crippen LogP contribution >= 0.6 is 23.4 Å². The summed E-state index contributed by atoms with van der Waals surface area (Å²) in [5, 5.41) is 5.81. The molecule has 29 heavy (non-hydrogen) atoms. The number of thioether (sulfide) groups is 1. The Morgan fingerprint density at radius 2 is 1.97 bits per heavy atom. The zero-order chi connectivity index (χ0) is 20.2. The van der Waals surface area contributed by atoms with Gasteiger partial charge in [0.05, 0.1) is 23.0 Å². The number of hydrogen-bond donors (Lipinski definition) is 2. The number of nitrogens with zero attached hydrogens (tertiary/aromatic N) is 2. The van der Waals surface area contributed by atoms with E-state index in [9.17, 15) is 9.59 Å². The van der Waals surface area contributed by atoms with E-state index < -0.39 is 0 Å². The van der Waals surface area contributed by atoms with Crippen molar-refractivity contribution in [2.24, 2.45) is 0 Å². The molecule has 2 amide bonds. The second-order valence-electron chi connectivity index (χ2n) is 6.21. The Hall–Kier alpha value is -3.16. The molecule has 0 aliphatic carbocycles. The highest BCUT2D eigenvalue weighted by atomic mass is 35.5. The van der Waals surface area contributed by atoms with Crippen molar-refractivity contribution in [3.63, 3.8) is 0 Å². The van der Waals surface area contributed by atoms with Crippen LogP contribution in [0.15, 0.2) is 65.8 Å². The third-order valence-corrected chi connectivity index (χ3v) is 5.35. The maximum atomic E-state index is 11.7. The van der Waals surface area contributed by atoms with E-state index in [0.717, 1.165) is 28.5 Å². The van der Waals surface area contributed by atoms with E-state index in [1.165, 1.54) is 0 Å². The maximum Gasteiger partial charge on any atom is 0.290 e. The van der Waals surface area contributed by atoms with Crippen molar-refractivity contribution >= 4 is 46.4 Å². The Morgan fingerprint density at radius 3 is 2.76 bits per heavy atom. The average Bonchev–Trinajstić information content (AvgIpc) is 3.04. The first-order chi connectivity index (χ1) is 14.1. The third-order valence-electron chi connectivity index (χ3n) is 4.17. The van der Waals surface area contributed by atoms with E-state index in [-0.39, 0.29) is 11.1 Å². The largest absolute Gasteiger partial charge is 0.365 e. The number of halogens is 1. The van der Waals surface area contributed by atoms with Crippen LogP contribution in [0.4, 0.5) is 10.6 Å². The summed E-state index contributed by atoms with van der Waals surface area (Å²) in [5.74, 6) is 0.249. The lowest BCUT2D eigenvalue weighted by molar-refractivity contribution is -0.115. The molecular weight excluding hydrogens is 408 g/mol. The number of rotatable bonds is 5. The van der Waals surface area contributed by atoms with Crippen molar-refractivity contribution in [1.29, 1.82) is 0 Å². The lowest BCUT2D eigenvalue weighted by Gasteiger charge is -2.09. The van der Waals surface area contributed by atoms with E-state index in [4.69, 9.17) is 11.6 Å². The molecule has 0 radical (unpaired) electrons. The highest BCUT2D eigenvalue weighted by Gasteiger charge is 2.24. The number of carbonyl (C=O) groups excluding carboxylic acids is 2. The second-order valence-corrected chi connectivity index (χ2v) is 7.63. The van der Waals surface area contributed by atoms with Crippen molar-refractivity contribution in [1.82, 2.24) is 15.3 Å². The molecule has 1 saturated heterocycles. The first kappa shape index (κ1) is 19.2. The van der Waals surface area contributed by atoms with Gasteiger partial charge < -0.3 is 5.32 Å². The van der Waals surface area contributed by atoms with E-state index in [1.807, 2.05) is 48.5 Å². The summed E-state index contributed by atoms with van der Waals surface area (Å²) in [6.45, 7) is 0.532. The molecule has 3 aromatic rings. The van der Waals surface area contributed by atoms with Gasteiger partial charge in [0.2, 0.25) is 0 Å². The number of aromatic nitrogens is 2. The minimum absolute atomic E-state index is 0.361. The fraction of sp³-hybridized carbons (Fsp3) is 0.0476. The van der Waals surface area contributed by atoms with Crippen molar-refractivity contribution < 1.29 is 9.59 Å². The Labute approximate surface area is 176 Å². The molecule has 0 spiro atoms.